The van der Waals surface area contributed by atoms with E-state index in [-0.39, 0.29) is 16.6 Å². The van der Waals surface area contributed by atoms with Crippen LogP contribution >= 0.6 is 11.6 Å². The minimum atomic E-state index is -0.811. The van der Waals surface area contributed by atoms with E-state index in [9.17, 15) is 8.78 Å². The summed E-state index contributed by atoms with van der Waals surface area (Å²) in [6.07, 6.45) is 0.803. The summed E-state index contributed by atoms with van der Waals surface area (Å²) in [7, 11) is 0. The van der Waals surface area contributed by atoms with Gasteiger partial charge in [-0.2, -0.15) is 4.98 Å². The van der Waals surface area contributed by atoms with Gasteiger partial charge in [0.2, 0.25) is 5.88 Å². The molecule has 2 aromatic rings. The third-order valence-corrected chi connectivity index (χ3v) is 2.89. The first kappa shape index (κ1) is 15.3. The van der Waals surface area contributed by atoms with Crippen molar-refractivity contribution < 1.29 is 13.5 Å². The number of ether oxygens (including phenoxy) is 1. The van der Waals surface area contributed by atoms with E-state index in [0.717, 1.165) is 18.6 Å². The van der Waals surface area contributed by atoms with Gasteiger partial charge in [0.25, 0.3) is 0 Å². The monoisotopic (exact) mass is 313 g/mol. The number of aromatic nitrogens is 1. The Labute approximate surface area is 125 Å². The molecule has 4 nitrogen and oxygen atoms in total. The lowest BCUT2D eigenvalue weighted by Gasteiger charge is -2.12. The first-order chi connectivity index (χ1) is 10.0. The number of benzene rings is 1. The molecule has 112 valence electrons. The molecule has 0 atom stereocenters. The third-order valence-electron chi connectivity index (χ3n) is 2.59. The molecule has 1 heterocycles. The summed E-state index contributed by atoms with van der Waals surface area (Å²) < 4.78 is 32.1. The number of nitrogen functional groups attached to an aromatic ring is 1. The van der Waals surface area contributed by atoms with E-state index in [1.807, 2.05) is 6.92 Å². The van der Waals surface area contributed by atoms with Gasteiger partial charge >= 0.3 is 0 Å². The van der Waals surface area contributed by atoms with Crippen molar-refractivity contribution in [2.24, 2.45) is 0 Å². The summed E-state index contributed by atoms with van der Waals surface area (Å²) in [5.41, 5.74) is 6.05. The Kier molecular flexibility index (Phi) is 4.80. The van der Waals surface area contributed by atoms with Gasteiger partial charge in [-0.05, 0) is 24.6 Å². The minimum Gasteiger partial charge on any atom is -0.476 e. The fraction of sp³-hybridized carbons (Fsp3) is 0.214. The molecule has 3 N–H and O–H groups in total. The van der Waals surface area contributed by atoms with Crippen molar-refractivity contribution in [3.05, 3.63) is 40.9 Å². The van der Waals surface area contributed by atoms with E-state index >= 15 is 0 Å². The molecule has 2 rings (SSSR count). The molecule has 0 saturated carbocycles. The number of nitrogens with one attached hydrogen (secondary N) is 1. The van der Waals surface area contributed by atoms with Crippen LogP contribution in [0.15, 0.2) is 24.3 Å². The zero-order valence-corrected chi connectivity index (χ0v) is 12.0. The smallest absolute Gasteiger partial charge is 0.239 e. The minimum absolute atomic E-state index is 0.0585. The van der Waals surface area contributed by atoms with Crippen molar-refractivity contribution in [1.29, 1.82) is 0 Å². The van der Waals surface area contributed by atoms with Gasteiger partial charge in [0.1, 0.15) is 11.6 Å². The molecule has 1 aromatic heterocycles. The van der Waals surface area contributed by atoms with Crippen LogP contribution in [0, 0.1) is 11.6 Å². The molecule has 0 saturated heterocycles. The molecule has 0 radical (unpaired) electrons. The zero-order valence-electron chi connectivity index (χ0n) is 11.3. The Morgan fingerprint density at radius 2 is 2.10 bits per heavy atom. The van der Waals surface area contributed by atoms with Crippen LogP contribution < -0.4 is 15.8 Å². The Bertz CT molecular complexity index is 629. The molecule has 0 spiro atoms. The van der Waals surface area contributed by atoms with Gasteiger partial charge < -0.3 is 15.8 Å². The van der Waals surface area contributed by atoms with Gasteiger partial charge in [-0.3, -0.25) is 0 Å². The summed E-state index contributed by atoms with van der Waals surface area (Å²) in [6.45, 7) is 2.41. The maximum atomic E-state index is 13.7. The van der Waals surface area contributed by atoms with Gasteiger partial charge in [0, 0.05) is 6.07 Å². The predicted octanol–water partition coefficient (Wildman–Crippen LogP) is 4.13. The highest BCUT2D eigenvalue weighted by Crippen LogP contribution is 2.30. The molecule has 7 heteroatoms. The number of rotatable bonds is 5. The number of hydrogen-bond acceptors (Lipinski definition) is 4. The molecule has 0 bridgehead atoms. The molecular formula is C14H14ClF2N3O. The van der Waals surface area contributed by atoms with Crippen LogP contribution in [0.25, 0.3) is 0 Å². The molecular weight excluding hydrogens is 300 g/mol. The van der Waals surface area contributed by atoms with Gasteiger partial charge in [-0.1, -0.05) is 18.5 Å². The second kappa shape index (κ2) is 6.58. The first-order valence-electron chi connectivity index (χ1n) is 6.32. The number of anilines is 3. The average molecular weight is 314 g/mol. The van der Waals surface area contributed by atoms with Crippen LogP contribution in [0.2, 0.25) is 5.02 Å². The number of hydrogen-bond donors (Lipinski definition) is 2. The standard InChI is InChI=1S/C14H14ClF2N3O/c1-2-5-21-14-11(18)3-4-12(20-14)19-13-9(15)6-8(16)7-10(13)17/h3-4,6-7H,2,5,18H2,1H3,(H,19,20). The number of halogens is 3. The normalized spacial score (nSPS) is 10.5. The largest absolute Gasteiger partial charge is 0.476 e. The molecule has 0 amide bonds. The van der Waals surface area contributed by atoms with Crippen LogP contribution in [0.5, 0.6) is 5.88 Å². The molecule has 0 aliphatic rings. The van der Waals surface area contributed by atoms with Crippen molar-refractivity contribution in [1.82, 2.24) is 4.98 Å². The van der Waals surface area contributed by atoms with Gasteiger partial charge in [0.05, 0.1) is 23.0 Å². The molecule has 0 unspecified atom stereocenters. The van der Waals surface area contributed by atoms with E-state index in [0.29, 0.717) is 18.1 Å². The van der Waals surface area contributed by atoms with E-state index in [4.69, 9.17) is 22.1 Å². The summed E-state index contributed by atoms with van der Waals surface area (Å²) in [5, 5.41) is 2.61. The van der Waals surface area contributed by atoms with Crippen LogP contribution in [0.1, 0.15) is 13.3 Å². The predicted molar refractivity (Wildman–Crippen MR) is 79.1 cm³/mol. The fourth-order valence-electron chi connectivity index (χ4n) is 1.62. The summed E-state index contributed by atoms with van der Waals surface area (Å²) in [5.74, 6) is -1.02. The van der Waals surface area contributed by atoms with Crippen LogP contribution in [-0.4, -0.2) is 11.6 Å². The van der Waals surface area contributed by atoms with Crippen LogP contribution in [0.3, 0.4) is 0 Å². The Morgan fingerprint density at radius 3 is 2.76 bits per heavy atom. The van der Waals surface area contributed by atoms with Gasteiger partial charge in [0.15, 0.2) is 5.82 Å². The quantitative estimate of drug-likeness (QED) is 0.871. The number of nitrogens with zero attached hydrogens (tertiary/aromatic N) is 1. The topological polar surface area (TPSA) is 60.2 Å². The third kappa shape index (κ3) is 3.72. The molecule has 1 aromatic carbocycles. The lowest BCUT2D eigenvalue weighted by atomic mass is 10.3. The van der Waals surface area contributed by atoms with Gasteiger partial charge in [-0.25, -0.2) is 8.78 Å². The van der Waals surface area contributed by atoms with Crippen molar-refractivity contribution in [3.63, 3.8) is 0 Å². The highest BCUT2D eigenvalue weighted by Gasteiger charge is 2.12. The maximum Gasteiger partial charge on any atom is 0.239 e. The van der Waals surface area contributed by atoms with Crippen molar-refractivity contribution in [2.45, 2.75) is 13.3 Å². The van der Waals surface area contributed by atoms with E-state index < -0.39 is 11.6 Å². The van der Waals surface area contributed by atoms with Crippen LogP contribution in [-0.2, 0) is 0 Å². The summed E-state index contributed by atoms with van der Waals surface area (Å²) in [6, 6.07) is 4.88. The second-order valence-electron chi connectivity index (χ2n) is 4.31. The number of nitrogens with two attached hydrogens (primary N) is 1. The zero-order chi connectivity index (χ0) is 15.4. The Hall–Kier alpha value is -2.08. The Morgan fingerprint density at radius 1 is 1.33 bits per heavy atom. The molecule has 0 aliphatic carbocycles. The number of pyridine rings is 1. The van der Waals surface area contributed by atoms with E-state index in [1.165, 1.54) is 0 Å². The maximum absolute atomic E-state index is 13.7. The van der Waals surface area contributed by atoms with Crippen LogP contribution in [0.4, 0.5) is 26.0 Å². The molecule has 21 heavy (non-hydrogen) atoms. The fourth-order valence-corrected chi connectivity index (χ4v) is 1.87. The SMILES string of the molecule is CCCOc1nc(Nc2c(F)cc(F)cc2Cl)ccc1N. The lowest BCUT2D eigenvalue weighted by Crippen LogP contribution is -2.04. The van der Waals surface area contributed by atoms with Gasteiger partial charge in [-0.15, -0.1) is 0 Å². The average Bonchev–Trinajstić information content (AvgIpc) is 2.43. The highest BCUT2D eigenvalue weighted by molar-refractivity contribution is 6.33. The Balaban J connectivity index is 2.28. The van der Waals surface area contributed by atoms with E-state index in [1.54, 1.807) is 12.1 Å². The van der Waals surface area contributed by atoms with E-state index in [2.05, 4.69) is 10.3 Å². The summed E-state index contributed by atoms with van der Waals surface area (Å²) in [4.78, 5) is 4.13. The van der Waals surface area contributed by atoms with Crippen molar-refractivity contribution in [3.8, 4) is 5.88 Å². The first-order valence-corrected chi connectivity index (χ1v) is 6.70. The summed E-state index contributed by atoms with van der Waals surface area (Å²) >= 11 is 5.81. The lowest BCUT2D eigenvalue weighted by molar-refractivity contribution is 0.307. The van der Waals surface area contributed by atoms with Crippen molar-refractivity contribution in [2.75, 3.05) is 17.7 Å². The highest BCUT2D eigenvalue weighted by atomic mass is 35.5. The van der Waals surface area contributed by atoms with Crippen molar-refractivity contribution >= 4 is 28.8 Å². The molecule has 0 fully saturated rings. The molecule has 0 aliphatic heterocycles. The second-order valence-corrected chi connectivity index (χ2v) is 4.72.